The van der Waals surface area contributed by atoms with E-state index in [2.05, 4.69) is 20.6 Å². The van der Waals surface area contributed by atoms with Crippen molar-refractivity contribution in [1.82, 2.24) is 9.97 Å². The standard InChI is InChI=1S/C12H12N4O/c1-13-10-2-3-11(15-8-10)12(17)16-9-4-6-14-7-5-9/h2-8,13H,1H3,(H,14,16,17). The van der Waals surface area contributed by atoms with Crippen LogP contribution in [0.4, 0.5) is 11.4 Å². The van der Waals surface area contributed by atoms with Crippen molar-refractivity contribution in [3.63, 3.8) is 0 Å². The van der Waals surface area contributed by atoms with Crippen molar-refractivity contribution < 1.29 is 4.79 Å². The minimum atomic E-state index is -0.237. The van der Waals surface area contributed by atoms with Crippen molar-refractivity contribution in [1.29, 1.82) is 0 Å². The molecule has 0 aromatic carbocycles. The van der Waals surface area contributed by atoms with E-state index < -0.39 is 0 Å². The third-order valence-electron chi connectivity index (χ3n) is 2.22. The summed E-state index contributed by atoms with van der Waals surface area (Å²) < 4.78 is 0. The summed E-state index contributed by atoms with van der Waals surface area (Å²) in [4.78, 5) is 19.7. The first-order valence-electron chi connectivity index (χ1n) is 5.15. The van der Waals surface area contributed by atoms with Gasteiger partial charge in [-0.15, -0.1) is 0 Å². The second-order valence-corrected chi connectivity index (χ2v) is 3.37. The molecular formula is C12H12N4O. The molecule has 0 fully saturated rings. The second kappa shape index (κ2) is 5.07. The van der Waals surface area contributed by atoms with Crippen molar-refractivity contribution in [2.45, 2.75) is 0 Å². The molecule has 0 bridgehead atoms. The fourth-order valence-electron chi connectivity index (χ4n) is 1.31. The van der Waals surface area contributed by atoms with Crippen LogP contribution in [-0.4, -0.2) is 22.9 Å². The first-order valence-corrected chi connectivity index (χ1v) is 5.15. The van der Waals surface area contributed by atoms with Crippen LogP contribution in [0, 0.1) is 0 Å². The highest BCUT2D eigenvalue weighted by Gasteiger charge is 2.06. The first kappa shape index (κ1) is 11.1. The summed E-state index contributed by atoms with van der Waals surface area (Å²) in [6, 6.07) is 6.91. The van der Waals surface area contributed by atoms with E-state index in [0.717, 1.165) is 5.69 Å². The minimum absolute atomic E-state index is 0.237. The summed E-state index contributed by atoms with van der Waals surface area (Å²) in [6.07, 6.45) is 4.85. The van der Waals surface area contributed by atoms with Gasteiger partial charge in [0.1, 0.15) is 5.69 Å². The minimum Gasteiger partial charge on any atom is -0.387 e. The molecule has 0 aliphatic carbocycles. The number of hydrogen-bond donors (Lipinski definition) is 2. The summed E-state index contributed by atoms with van der Waals surface area (Å²) in [5.41, 5.74) is 1.94. The van der Waals surface area contributed by atoms with Crippen LogP contribution in [0.15, 0.2) is 42.9 Å². The monoisotopic (exact) mass is 228 g/mol. The molecule has 1 amide bonds. The van der Waals surface area contributed by atoms with Gasteiger partial charge in [-0.2, -0.15) is 0 Å². The van der Waals surface area contributed by atoms with Gasteiger partial charge >= 0.3 is 0 Å². The lowest BCUT2D eigenvalue weighted by atomic mass is 10.3. The quantitative estimate of drug-likeness (QED) is 0.840. The van der Waals surface area contributed by atoms with Gasteiger partial charge in [-0.05, 0) is 24.3 Å². The Kier molecular flexibility index (Phi) is 3.30. The zero-order valence-corrected chi connectivity index (χ0v) is 9.34. The molecule has 0 atom stereocenters. The molecule has 0 spiro atoms. The molecule has 0 aliphatic heterocycles. The summed E-state index contributed by atoms with van der Waals surface area (Å²) in [5.74, 6) is -0.237. The number of carbonyl (C=O) groups is 1. The van der Waals surface area contributed by atoms with Crippen LogP contribution in [0.2, 0.25) is 0 Å². The molecule has 5 heteroatoms. The lowest BCUT2D eigenvalue weighted by Crippen LogP contribution is -2.13. The van der Waals surface area contributed by atoms with E-state index in [9.17, 15) is 4.79 Å². The number of carbonyl (C=O) groups excluding carboxylic acids is 1. The van der Waals surface area contributed by atoms with Gasteiger partial charge in [-0.1, -0.05) is 0 Å². The SMILES string of the molecule is CNc1ccc(C(=O)Nc2ccncc2)nc1. The van der Waals surface area contributed by atoms with E-state index in [1.807, 2.05) is 0 Å². The van der Waals surface area contributed by atoms with E-state index in [0.29, 0.717) is 11.4 Å². The van der Waals surface area contributed by atoms with Crippen molar-refractivity contribution in [2.24, 2.45) is 0 Å². The second-order valence-electron chi connectivity index (χ2n) is 3.37. The molecule has 0 saturated heterocycles. The Balaban J connectivity index is 2.09. The maximum atomic E-state index is 11.8. The lowest BCUT2D eigenvalue weighted by molar-refractivity contribution is 0.102. The van der Waals surface area contributed by atoms with E-state index in [4.69, 9.17) is 0 Å². The lowest BCUT2D eigenvalue weighted by Gasteiger charge is -2.04. The molecular weight excluding hydrogens is 216 g/mol. The summed E-state index contributed by atoms with van der Waals surface area (Å²) >= 11 is 0. The Hall–Kier alpha value is -2.43. The zero-order valence-electron chi connectivity index (χ0n) is 9.34. The van der Waals surface area contributed by atoms with Gasteiger partial charge in [0.2, 0.25) is 0 Å². The summed E-state index contributed by atoms with van der Waals surface area (Å²) in [7, 11) is 1.80. The largest absolute Gasteiger partial charge is 0.387 e. The number of nitrogens with one attached hydrogen (secondary N) is 2. The molecule has 0 unspecified atom stereocenters. The van der Waals surface area contributed by atoms with Crippen molar-refractivity contribution in [3.8, 4) is 0 Å². The molecule has 86 valence electrons. The fourth-order valence-corrected chi connectivity index (χ4v) is 1.31. The van der Waals surface area contributed by atoms with Crippen LogP contribution >= 0.6 is 0 Å². The highest BCUT2D eigenvalue weighted by molar-refractivity contribution is 6.02. The average molecular weight is 228 g/mol. The predicted octanol–water partition coefficient (Wildman–Crippen LogP) is 1.77. The van der Waals surface area contributed by atoms with Gasteiger partial charge in [0.05, 0.1) is 11.9 Å². The Morgan fingerprint density at radius 1 is 1.12 bits per heavy atom. The highest BCUT2D eigenvalue weighted by atomic mass is 16.1. The van der Waals surface area contributed by atoms with Gasteiger partial charge in [0.15, 0.2) is 0 Å². The molecule has 2 rings (SSSR count). The van der Waals surface area contributed by atoms with Gasteiger partial charge in [-0.3, -0.25) is 9.78 Å². The van der Waals surface area contributed by atoms with Gasteiger partial charge < -0.3 is 10.6 Å². The fraction of sp³-hybridized carbons (Fsp3) is 0.0833. The van der Waals surface area contributed by atoms with Crippen molar-refractivity contribution >= 4 is 17.3 Å². The molecule has 2 N–H and O–H groups in total. The van der Waals surface area contributed by atoms with Gasteiger partial charge in [0.25, 0.3) is 5.91 Å². The van der Waals surface area contributed by atoms with E-state index >= 15 is 0 Å². The Bertz CT molecular complexity index is 496. The molecule has 17 heavy (non-hydrogen) atoms. The average Bonchev–Trinajstić information content (AvgIpc) is 2.40. The maximum Gasteiger partial charge on any atom is 0.274 e. The van der Waals surface area contributed by atoms with Crippen LogP contribution in [-0.2, 0) is 0 Å². The molecule has 0 saturated carbocycles. The van der Waals surface area contributed by atoms with Crippen LogP contribution in [0.25, 0.3) is 0 Å². The van der Waals surface area contributed by atoms with Crippen LogP contribution < -0.4 is 10.6 Å². The number of amides is 1. The molecule has 5 nitrogen and oxygen atoms in total. The number of aromatic nitrogens is 2. The predicted molar refractivity (Wildman–Crippen MR) is 66.0 cm³/mol. The Morgan fingerprint density at radius 2 is 1.88 bits per heavy atom. The van der Waals surface area contributed by atoms with Crippen LogP contribution in [0.3, 0.4) is 0 Å². The highest BCUT2D eigenvalue weighted by Crippen LogP contribution is 2.08. The molecule has 0 aliphatic rings. The first-order chi connectivity index (χ1) is 8.29. The maximum absolute atomic E-state index is 11.8. The Labute approximate surface area is 98.9 Å². The molecule has 2 aromatic heterocycles. The number of rotatable bonds is 3. The molecule has 2 aromatic rings. The number of anilines is 2. The van der Waals surface area contributed by atoms with Gasteiger partial charge in [-0.25, -0.2) is 4.98 Å². The summed E-state index contributed by atoms with van der Waals surface area (Å²) in [6.45, 7) is 0. The number of nitrogens with zero attached hydrogens (tertiary/aromatic N) is 2. The van der Waals surface area contributed by atoms with Crippen molar-refractivity contribution in [2.75, 3.05) is 17.7 Å². The van der Waals surface area contributed by atoms with Crippen molar-refractivity contribution in [3.05, 3.63) is 48.5 Å². The topological polar surface area (TPSA) is 66.9 Å². The molecule has 0 radical (unpaired) electrons. The normalized spacial score (nSPS) is 9.71. The summed E-state index contributed by atoms with van der Waals surface area (Å²) in [5, 5.41) is 5.67. The van der Waals surface area contributed by atoms with E-state index in [-0.39, 0.29) is 5.91 Å². The number of hydrogen-bond acceptors (Lipinski definition) is 4. The third kappa shape index (κ3) is 2.78. The third-order valence-corrected chi connectivity index (χ3v) is 2.22. The Morgan fingerprint density at radius 3 is 2.47 bits per heavy atom. The zero-order chi connectivity index (χ0) is 12.1. The smallest absolute Gasteiger partial charge is 0.274 e. The van der Waals surface area contributed by atoms with Gasteiger partial charge in [0, 0.05) is 25.1 Å². The van der Waals surface area contributed by atoms with Crippen LogP contribution in [0.1, 0.15) is 10.5 Å². The number of pyridine rings is 2. The molecule has 2 heterocycles. The van der Waals surface area contributed by atoms with Crippen LogP contribution in [0.5, 0.6) is 0 Å². The van der Waals surface area contributed by atoms with E-state index in [1.54, 1.807) is 49.9 Å². The van der Waals surface area contributed by atoms with E-state index in [1.165, 1.54) is 0 Å².